The van der Waals surface area contributed by atoms with Crippen LogP contribution in [0.4, 0.5) is 11.4 Å². The van der Waals surface area contributed by atoms with Gasteiger partial charge in [-0.2, -0.15) is 0 Å². The van der Waals surface area contributed by atoms with Gasteiger partial charge in [0.1, 0.15) is 34.5 Å². The lowest BCUT2D eigenvalue weighted by Crippen LogP contribution is -2.57. The Morgan fingerprint density at radius 1 is 0.400 bits per heavy atom. The van der Waals surface area contributed by atoms with Crippen LogP contribution < -0.4 is 39.9 Å². The molecule has 452 valence electrons. The molecule has 0 fully saturated rings. The van der Waals surface area contributed by atoms with E-state index in [0.717, 1.165) is 124 Å². The van der Waals surface area contributed by atoms with Gasteiger partial charge in [-0.05, 0) is 170 Å². The number of carbonyl (C=O) groups excluding carboxylic acids is 2. The number of anilines is 2. The van der Waals surface area contributed by atoms with Crippen LogP contribution in [0.15, 0.2) is 158 Å². The van der Waals surface area contributed by atoms with Gasteiger partial charge in [-0.1, -0.05) is 139 Å². The van der Waals surface area contributed by atoms with Gasteiger partial charge in [0.05, 0.1) is 26.4 Å². The first kappa shape index (κ1) is 65.6. The Hall–Kier alpha value is -8.52. The molecule has 6 rings (SSSR count). The van der Waals surface area contributed by atoms with Crippen LogP contribution in [0.1, 0.15) is 152 Å². The molecule has 0 spiro atoms. The molecular weight excluding hydrogens is 1070 g/mol. The molecule has 0 saturated heterocycles. The first-order valence-electron chi connectivity index (χ1n) is 30.2. The van der Waals surface area contributed by atoms with E-state index in [1.165, 1.54) is 12.2 Å². The van der Waals surface area contributed by atoms with Gasteiger partial charge in [0, 0.05) is 35.4 Å². The molecule has 6 N–H and O–H groups in total. The van der Waals surface area contributed by atoms with Gasteiger partial charge < -0.3 is 50.1 Å². The van der Waals surface area contributed by atoms with Crippen molar-refractivity contribution in [2.24, 2.45) is 5.41 Å². The second-order valence-electron chi connectivity index (χ2n) is 21.6. The van der Waals surface area contributed by atoms with Crippen molar-refractivity contribution in [3.05, 3.63) is 180 Å². The number of unbranched alkanes of at least 4 members (excludes halogenated alkanes) is 12. The summed E-state index contributed by atoms with van der Waals surface area (Å²) in [6, 6.07) is 42.9. The van der Waals surface area contributed by atoms with Gasteiger partial charge in [-0.25, -0.2) is 9.59 Å². The molecule has 0 atom stereocenters. The Bertz CT molecular complexity index is 2840. The van der Waals surface area contributed by atoms with Crippen LogP contribution in [-0.4, -0.2) is 60.5 Å². The lowest BCUT2D eigenvalue weighted by molar-refractivity contribution is -0.172. The van der Waals surface area contributed by atoms with Crippen molar-refractivity contribution in [3.8, 4) is 34.5 Å². The molecule has 85 heavy (non-hydrogen) atoms. The summed E-state index contributed by atoms with van der Waals surface area (Å²) in [5, 5.41) is 22.7. The molecule has 0 heterocycles. The Kier molecular flexibility index (Phi) is 27.5. The quantitative estimate of drug-likeness (QED) is 0.00703. The van der Waals surface area contributed by atoms with Crippen molar-refractivity contribution >= 4 is 47.4 Å². The minimum absolute atomic E-state index is 0.221. The van der Waals surface area contributed by atoms with E-state index in [0.29, 0.717) is 86.1 Å². The van der Waals surface area contributed by atoms with E-state index in [4.69, 9.17) is 39.9 Å². The third kappa shape index (κ3) is 21.6. The molecule has 0 saturated carbocycles. The highest BCUT2D eigenvalue weighted by molar-refractivity contribution is 6.01. The molecule has 0 aliphatic carbocycles. The first-order valence-corrected chi connectivity index (χ1v) is 30.2. The molecule has 0 aromatic heterocycles. The molecule has 6 aromatic carbocycles. The molecule has 6 aromatic rings. The monoisotopic (exact) mass is 1160 g/mol. The Labute approximate surface area is 502 Å². The Morgan fingerprint density at radius 3 is 1.08 bits per heavy atom. The smallest absolute Gasteiger partial charge is 0.336 e. The normalized spacial score (nSPS) is 12.2. The fourth-order valence-corrected chi connectivity index (χ4v) is 10.4. The number of hydrogen-bond acceptors (Lipinski definition) is 12. The summed E-state index contributed by atoms with van der Waals surface area (Å²) >= 11 is 0. The van der Waals surface area contributed by atoms with Crippen molar-refractivity contribution in [3.63, 3.8) is 0 Å². The van der Waals surface area contributed by atoms with Crippen LogP contribution in [0.25, 0.3) is 12.2 Å². The molecule has 0 radical (unpaired) electrons. The van der Waals surface area contributed by atoms with Crippen LogP contribution in [-0.2, 0) is 31.0 Å². The first-order chi connectivity index (χ1) is 41.3. The SMILES string of the molecule is CCCCOc1ccc(OC(=O)C=Cc2ccc(OCCCCCCCCC(CCCCCCCCOc3ccc(C=CC(=O)Oc4ccc(OCCCC)cc4)cc3)(c3ccc(N)cc3)C(Cc3ccc(N)cc3)(C(=O)O)C(=O)O)cc2)cc1. The molecule has 0 amide bonds. The molecule has 14 nitrogen and oxygen atoms in total. The van der Waals surface area contributed by atoms with Crippen molar-refractivity contribution in [1.82, 2.24) is 0 Å². The number of carbonyl (C=O) groups is 4. The van der Waals surface area contributed by atoms with Gasteiger partial charge in [-0.3, -0.25) is 9.59 Å². The van der Waals surface area contributed by atoms with E-state index in [9.17, 15) is 29.4 Å². The maximum absolute atomic E-state index is 13.9. The summed E-state index contributed by atoms with van der Waals surface area (Å²) in [5.41, 5.74) is 12.6. The van der Waals surface area contributed by atoms with E-state index in [2.05, 4.69) is 13.8 Å². The van der Waals surface area contributed by atoms with Crippen LogP contribution in [0.5, 0.6) is 34.5 Å². The second kappa shape index (κ2) is 35.6. The van der Waals surface area contributed by atoms with E-state index in [1.54, 1.807) is 97.1 Å². The zero-order chi connectivity index (χ0) is 60.5. The van der Waals surface area contributed by atoms with Crippen LogP contribution >= 0.6 is 0 Å². The molecule has 14 heteroatoms. The standard InChI is InChI=1S/C71H86N2O12/c1-3-5-49-80-62-37-41-64(42-38-62)84-66(74)45-25-54-21-33-60(34-22-54)82-51-17-13-9-7-11-15-47-70(57-27-31-59(73)32-28-57,71(68(76)77,69(78)79)53-56-19-29-58(72)30-20-56)48-16-12-8-10-14-18-52-83-61-35-23-55(24-36-61)26-46-67(75)85-65-43-39-63(40-44-65)81-50-6-4-2/h19-46H,3-18,47-53,72-73H2,1-2H3,(H,76,77)(H,78,79). The number of nitrogens with two attached hydrogens (primary N) is 2. The minimum atomic E-state index is -2.21. The highest BCUT2D eigenvalue weighted by Gasteiger charge is 2.62. The summed E-state index contributed by atoms with van der Waals surface area (Å²) in [6.45, 7) is 6.57. The van der Waals surface area contributed by atoms with E-state index in [1.807, 2.05) is 60.7 Å². The molecule has 0 bridgehead atoms. The third-order valence-corrected chi connectivity index (χ3v) is 15.2. The fourth-order valence-electron chi connectivity index (χ4n) is 10.4. The number of carboxylic acids is 2. The van der Waals surface area contributed by atoms with Gasteiger partial charge in [0.25, 0.3) is 0 Å². The second-order valence-corrected chi connectivity index (χ2v) is 21.6. The number of ether oxygens (including phenoxy) is 6. The number of carboxylic acid groups (broad SMARTS) is 2. The van der Waals surface area contributed by atoms with E-state index >= 15 is 0 Å². The maximum Gasteiger partial charge on any atom is 0.336 e. The lowest BCUT2D eigenvalue weighted by atomic mass is 9.53. The van der Waals surface area contributed by atoms with Crippen LogP contribution in [0.3, 0.4) is 0 Å². The number of benzene rings is 6. The summed E-state index contributed by atoms with van der Waals surface area (Å²) in [5.74, 6) is 0.0884. The average Bonchev–Trinajstić information content (AvgIpc) is 1.47. The van der Waals surface area contributed by atoms with Gasteiger partial charge in [-0.15, -0.1) is 0 Å². The predicted molar refractivity (Wildman–Crippen MR) is 336 cm³/mol. The van der Waals surface area contributed by atoms with Crippen molar-refractivity contribution in [2.75, 3.05) is 37.9 Å². The molecule has 0 aliphatic rings. The summed E-state index contributed by atoms with van der Waals surface area (Å²) in [4.78, 5) is 52.8. The van der Waals surface area contributed by atoms with Crippen molar-refractivity contribution in [1.29, 1.82) is 0 Å². The fraction of sp³-hybridized carbons (Fsp3) is 0.380. The van der Waals surface area contributed by atoms with E-state index in [-0.39, 0.29) is 6.42 Å². The number of nitrogen functional groups attached to an aromatic ring is 2. The molecular formula is C71H86N2O12. The van der Waals surface area contributed by atoms with Gasteiger partial charge in [0.2, 0.25) is 0 Å². The summed E-state index contributed by atoms with van der Waals surface area (Å²) < 4.78 is 34.3. The van der Waals surface area contributed by atoms with Crippen molar-refractivity contribution < 1.29 is 57.8 Å². The van der Waals surface area contributed by atoms with Crippen LogP contribution in [0.2, 0.25) is 0 Å². The largest absolute Gasteiger partial charge is 0.494 e. The van der Waals surface area contributed by atoms with Crippen LogP contribution in [0, 0.1) is 5.41 Å². The predicted octanol–water partition coefficient (Wildman–Crippen LogP) is 15.7. The van der Waals surface area contributed by atoms with E-state index < -0.39 is 34.7 Å². The summed E-state index contributed by atoms with van der Waals surface area (Å²) in [7, 11) is 0. The maximum atomic E-state index is 13.9. The Balaban J connectivity index is 0.964. The average molecular weight is 1160 g/mol. The number of aliphatic carboxylic acids is 2. The highest BCUT2D eigenvalue weighted by Crippen LogP contribution is 2.52. The van der Waals surface area contributed by atoms with Gasteiger partial charge >= 0.3 is 23.9 Å². The third-order valence-electron chi connectivity index (χ3n) is 15.2. The number of esters is 2. The van der Waals surface area contributed by atoms with Gasteiger partial charge in [0.15, 0.2) is 5.41 Å². The molecule has 0 unspecified atom stereocenters. The summed E-state index contributed by atoms with van der Waals surface area (Å²) in [6.07, 6.45) is 20.7. The number of hydrogen-bond donors (Lipinski definition) is 4. The zero-order valence-corrected chi connectivity index (χ0v) is 49.6. The Morgan fingerprint density at radius 2 is 0.718 bits per heavy atom. The van der Waals surface area contributed by atoms with Crippen molar-refractivity contribution in [2.45, 2.75) is 141 Å². The topological polar surface area (TPSA) is 216 Å². The number of rotatable bonds is 40. The minimum Gasteiger partial charge on any atom is -0.494 e. The highest BCUT2D eigenvalue weighted by atomic mass is 16.5. The zero-order valence-electron chi connectivity index (χ0n) is 49.6. The molecule has 0 aliphatic heterocycles. The lowest BCUT2D eigenvalue weighted by Gasteiger charge is -2.47.